The Morgan fingerprint density at radius 2 is 1.75 bits per heavy atom. The minimum absolute atomic E-state index is 0.0441. The van der Waals surface area contributed by atoms with Crippen LogP contribution in [0, 0.1) is 5.82 Å². The van der Waals surface area contributed by atoms with Crippen molar-refractivity contribution < 1.29 is 32.9 Å². The average Bonchev–Trinajstić information content (AvgIpc) is 3.35. The number of carbonyl (C=O) groups excluding carboxylic acids is 1. The van der Waals surface area contributed by atoms with Crippen LogP contribution in [0.15, 0.2) is 82.2 Å². The Hall–Kier alpha value is -4.90. The predicted octanol–water partition coefficient (Wildman–Crippen LogP) is 4.54. The molecule has 44 heavy (non-hydrogen) atoms. The number of halogens is 1. The lowest BCUT2D eigenvalue weighted by molar-refractivity contribution is -0.136. The van der Waals surface area contributed by atoms with E-state index in [1.807, 2.05) is 13.8 Å². The summed E-state index contributed by atoms with van der Waals surface area (Å²) in [5.74, 6) is 0.811. The molecule has 0 radical (unpaired) electrons. The van der Waals surface area contributed by atoms with E-state index in [1.165, 1.54) is 31.1 Å². The van der Waals surface area contributed by atoms with Crippen LogP contribution in [0.1, 0.15) is 36.6 Å². The van der Waals surface area contributed by atoms with Crippen LogP contribution in [0.5, 0.6) is 23.0 Å². The molecule has 4 aromatic rings. The highest BCUT2D eigenvalue weighted by molar-refractivity contribution is 7.07. The fourth-order valence-corrected chi connectivity index (χ4v) is 5.82. The summed E-state index contributed by atoms with van der Waals surface area (Å²) >= 11 is 1.16. The minimum Gasteiger partial charge on any atom is -0.493 e. The highest BCUT2D eigenvalue weighted by Gasteiger charge is 2.31. The Bertz CT molecular complexity index is 1900. The first-order chi connectivity index (χ1) is 21.4. The van der Waals surface area contributed by atoms with Crippen molar-refractivity contribution in [3.05, 3.63) is 115 Å². The van der Waals surface area contributed by atoms with Crippen molar-refractivity contribution in [3.8, 4) is 23.0 Å². The predicted molar refractivity (Wildman–Crippen MR) is 164 cm³/mol. The quantitative estimate of drug-likeness (QED) is 0.228. The molecule has 2 heterocycles. The number of esters is 1. The number of nitrogens with zero attached hydrogens (tertiary/aromatic N) is 2. The summed E-state index contributed by atoms with van der Waals surface area (Å²) in [7, 11) is 2.78. The van der Waals surface area contributed by atoms with E-state index in [1.54, 1.807) is 60.7 Å². The van der Waals surface area contributed by atoms with E-state index in [2.05, 4.69) is 4.99 Å². The van der Waals surface area contributed by atoms with Crippen LogP contribution in [0.25, 0.3) is 6.08 Å². The number of benzene rings is 3. The number of fused-ring (bicyclic) bond motifs is 1. The fourth-order valence-electron chi connectivity index (χ4n) is 4.86. The van der Waals surface area contributed by atoms with Gasteiger partial charge in [0.25, 0.3) is 5.56 Å². The smallest absolute Gasteiger partial charge is 0.337 e. The van der Waals surface area contributed by atoms with Gasteiger partial charge in [-0.05, 0) is 49.8 Å². The van der Waals surface area contributed by atoms with Gasteiger partial charge in [0, 0.05) is 17.3 Å². The lowest BCUT2D eigenvalue weighted by atomic mass is 9.97. The number of aromatic nitrogens is 1. The molecule has 0 spiro atoms. The van der Waals surface area contributed by atoms with Gasteiger partial charge in [0.2, 0.25) is 0 Å². The molecule has 0 amide bonds. The fraction of sp³-hybridized carbons (Fsp3) is 0.242. The Labute approximate surface area is 257 Å². The van der Waals surface area contributed by atoms with Crippen LogP contribution in [-0.2, 0) is 16.1 Å². The molecule has 0 bridgehead atoms. The summed E-state index contributed by atoms with van der Waals surface area (Å²) < 4.78 is 44.3. The van der Waals surface area contributed by atoms with Gasteiger partial charge in [0.05, 0.1) is 43.6 Å². The summed E-state index contributed by atoms with van der Waals surface area (Å²) in [5, 5.41) is 0. The number of ether oxygens (including phenoxy) is 5. The summed E-state index contributed by atoms with van der Waals surface area (Å²) in [4.78, 5) is 31.8. The maximum atomic E-state index is 14.3. The van der Waals surface area contributed by atoms with Gasteiger partial charge in [0.1, 0.15) is 12.4 Å². The lowest BCUT2D eigenvalue weighted by Gasteiger charge is -2.23. The van der Waals surface area contributed by atoms with E-state index < -0.39 is 12.0 Å². The van der Waals surface area contributed by atoms with Crippen molar-refractivity contribution in [1.29, 1.82) is 0 Å². The molecule has 11 heteroatoms. The van der Waals surface area contributed by atoms with Gasteiger partial charge < -0.3 is 23.7 Å². The first kappa shape index (κ1) is 30.6. The summed E-state index contributed by atoms with van der Waals surface area (Å²) in [6, 6.07) is 16.1. The Kier molecular flexibility index (Phi) is 9.44. The zero-order valence-corrected chi connectivity index (χ0v) is 25.5. The molecule has 9 nitrogen and oxygen atoms in total. The second kappa shape index (κ2) is 13.6. The highest BCUT2D eigenvalue weighted by atomic mass is 32.1. The van der Waals surface area contributed by atoms with Crippen molar-refractivity contribution in [3.63, 3.8) is 0 Å². The molecule has 0 saturated carbocycles. The van der Waals surface area contributed by atoms with E-state index in [0.29, 0.717) is 62.2 Å². The molecule has 5 rings (SSSR count). The number of para-hydroxylation sites is 1. The molecular weight excluding hydrogens is 587 g/mol. The van der Waals surface area contributed by atoms with Gasteiger partial charge >= 0.3 is 5.97 Å². The highest BCUT2D eigenvalue weighted by Crippen LogP contribution is 2.35. The van der Waals surface area contributed by atoms with Gasteiger partial charge in [-0.25, -0.2) is 14.2 Å². The van der Waals surface area contributed by atoms with Crippen LogP contribution in [0.4, 0.5) is 4.39 Å². The van der Waals surface area contributed by atoms with E-state index in [9.17, 15) is 14.0 Å². The summed E-state index contributed by atoms with van der Waals surface area (Å²) in [6.45, 7) is 4.53. The first-order valence-electron chi connectivity index (χ1n) is 13.9. The molecule has 0 aliphatic carbocycles. The average molecular weight is 619 g/mol. The molecule has 228 valence electrons. The number of hydrogen-bond donors (Lipinski definition) is 0. The molecule has 0 unspecified atom stereocenters. The SMILES string of the molecule is CCOc1ccc([C@H]2C(C(=O)OC)=CN=c3s/c(=C/c4cccc(OC)c4OCc4ccccc4F)c(=O)n32)cc1OCC. The molecule has 3 aromatic carbocycles. The molecule has 1 atom stereocenters. The molecule has 1 aromatic heterocycles. The minimum atomic E-state index is -0.835. The van der Waals surface area contributed by atoms with E-state index in [0.717, 1.165) is 11.3 Å². The lowest BCUT2D eigenvalue weighted by Crippen LogP contribution is -2.39. The Morgan fingerprint density at radius 3 is 2.48 bits per heavy atom. The molecule has 0 N–H and O–H groups in total. The Morgan fingerprint density at radius 1 is 0.977 bits per heavy atom. The molecule has 0 fully saturated rings. The van der Waals surface area contributed by atoms with Gasteiger partial charge in [-0.1, -0.05) is 47.7 Å². The first-order valence-corrected chi connectivity index (χ1v) is 14.7. The van der Waals surface area contributed by atoms with Crippen LogP contribution >= 0.6 is 11.3 Å². The van der Waals surface area contributed by atoms with E-state index in [-0.39, 0.29) is 23.6 Å². The third-order valence-electron chi connectivity index (χ3n) is 6.85. The molecule has 1 aliphatic heterocycles. The van der Waals surface area contributed by atoms with Gasteiger partial charge in [0.15, 0.2) is 27.8 Å². The van der Waals surface area contributed by atoms with Gasteiger partial charge in [-0.3, -0.25) is 9.36 Å². The molecule has 1 aliphatic rings. The third kappa shape index (κ3) is 6.09. The molecule has 0 saturated heterocycles. The topological polar surface area (TPSA) is 97.6 Å². The van der Waals surface area contributed by atoms with Crippen LogP contribution in [-0.4, -0.2) is 38.0 Å². The van der Waals surface area contributed by atoms with Crippen molar-refractivity contribution in [2.75, 3.05) is 27.4 Å². The standard InChI is InChI=1S/C33H31FN2O7S/c1-5-41-25-15-14-20(16-27(25)42-6-2)29-23(32(38)40-4)18-35-33-36(29)31(37)28(44-33)17-21-11-9-13-26(39-3)30(21)43-19-22-10-7-8-12-24(22)34/h7-18,29H,5-6,19H2,1-4H3/b28-17+/t29-/m0/s1. The zero-order chi connectivity index (χ0) is 31.2. The number of thiazole rings is 1. The number of carbonyl (C=O) groups is 1. The van der Waals surface area contributed by atoms with Gasteiger partial charge in [-0.15, -0.1) is 0 Å². The zero-order valence-electron chi connectivity index (χ0n) is 24.7. The van der Waals surface area contributed by atoms with Crippen LogP contribution in [0.3, 0.4) is 0 Å². The maximum Gasteiger partial charge on any atom is 0.337 e. The summed E-state index contributed by atoms with van der Waals surface area (Å²) in [5.41, 5.74) is 1.36. The third-order valence-corrected chi connectivity index (χ3v) is 7.85. The van der Waals surface area contributed by atoms with Crippen molar-refractivity contribution in [2.24, 2.45) is 4.99 Å². The number of hydrogen-bond acceptors (Lipinski definition) is 9. The number of methoxy groups -OCH3 is 2. The van der Waals surface area contributed by atoms with Crippen LogP contribution in [0.2, 0.25) is 0 Å². The summed E-state index contributed by atoms with van der Waals surface area (Å²) in [6.07, 6.45) is 3.10. The monoisotopic (exact) mass is 618 g/mol. The molecular formula is C33H31FN2O7S. The van der Waals surface area contributed by atoms with Crippen molar-refractivity contribution in [1.82, 2.24) is 4.57 Å². The second-order valence-corrected chi connectivity index (χ2v) is 10.5. The maximum absolute atomic E-state index is 14.3. The van der Waals surface area contributed by atoms with Crippen LogP contribution < -0.4 is 33.8 Å². The van der Waals surface area contributed by atoms with E-state index in [4.69, 9.17) is 23.7 Å². The van der Waals surface area contributed by atoms with E-state index >= 15 is 0 Å². The van der Waals surface area contributed by atoms with Gasteiger partial charge in [-0.2, -0.15) is 0 Å². The second-order valence-electron chi connectivity index (χ2n) is 9.51. The number of rotatable bonds is 11. The van der Waals surface area contributed by atoms with Crippen molar-refractivity contribution in [2.45, 2.75) is 26.5 Å². The normalized spacial score (nSPS) is 14.2. The largest absolute Gasteiger partial charge is 0.493 e. The Balaban J connectivity index is 1.63. The van der Waals surface area contributed by atoms with Crippen molar-refractivity contribution >= 4 is 23.4 Å².